The zero-order valence-electron chi connectivity index (χ0n) is 16.5. The Bertz CT molecular complexity index is 866. The van der Waals surface area contributed by atoms with Crippen LogP contribution >= 0.6 is 0 Å². The molecule has 1 aliphatic heterocycles. The molecule has 2 fully saturated rings. The number of hydrogen-bond donors (Lipinski definition) is 0. The van der Waals surface area contributed by atoms with Crippen molar-refractivity contribution in [2.24, 2.45) is 13.0 Å². The van der Waals surface area contributed by atoms with E-state index in [0.717, 1.165) is 37.2 Å². The molecule has 1 amide bonds. The van der Waals surface area contributed by atoms with E-state index in [4.69, 9.17) is 0 Å². The van der Waals surface area contributed by atoms with E-state index in [9.17, 15) is 9.59 Å². The minimum Gasteiger partial charge on any atom is -0.367 e. The average Bonchev–Trinajstić information content (AvgIpc) is 3.25. The monoisotopic (exact) mass is 380 g/mol. The number of rotatable bonds is 4. The number of carbonyl (C=O) groups excluding carboxylic acids is 1. The molecule has 1 aromatic carbocycles. The van der Waals surface area contributed by atoms with Crippen molar-refractivity contribution in [3.63, 3.8) is 0 Å². The Kier molecular flexibility index (Phi) is 5.46. The third-order valence-corrected chi connectivity index (χ3v) is 6.21. The SMILES string of the molecule is Cn1ncc(N2CCN(C(=O)[C@H](c3ccccc3)C3CCCC3)CC2)cc1=O. The number of piperazine rings is 1. The highest BCUT2D eigenvalue weighted by Crippen LogP contribution is 2.38. The normalized spacial score (nSPS) is 19.0. The maximum Gasteiger partial charge on any atom is 0.268 e. The summed E-state index contributed by atoms with van der Waals surface area (Å²) in [6, 6.07) is 11.9. The van der Waals surface area contributed by atoms with Crippen LogP contribution in [0.4, 0.5) is 5.69 Å². The number of amides is 1. The molecular weight excluding hydrogens is 352 g/mol. The third-order valence-electron chi connectivity index (χ3n) is 6.21. The summed E-state index contributed by atoms with van der Waals surface area (Å²) in [5, 5.41) is 4.11. The van der Waals surface area contributed by atoms with Gasteiger partial charge in [0.1, 0.15) is 0 Å². The highest BCUT2D eigenvalue weighted by molar-refractivity contribution is 5.84. The van der Waals surface area contributed by atoms with Crippen LogP contribution in [0.25, 0.3) is 0 Å². The first-order valence-electron chi connectivity index (χ1n) is 10.3. The summed E-state index contributed by atoms with van der Waals surface area (Å²) in [6.45, 7) is 2.83. The second-order valence-electron chi connectivity index (χ2n) is 7.92. The van der Waals surface area contributed by atoms with E-state index in [1.165, 1.54) is 17.5 Å². The number of benzene rings is 1. The summed E-state index contributed by atoms with van der Waals surface area (Å²) in [7, 11) is 1.65. The first-order chi connectivity index (χ1) is 13.6. The van der Waals surface area contributed by atoms with Gasteiger partial charge in [-0.1, -0.05) is 43.2 Å². The zero-order valence-corrected chi connectivity index (χ0v) is 16.5. The fraction of sp³-hybridized carbons (Fsp3) is 0.500. The van der Waals surface area contributed by atoms with E-state index in [1.807, 2.05) is 23.1 Å². The van der Waals surface area contributed by atoms with Gasteiger partial charge < -0.3 is 9.80 Å². The van der Waals surface area contributed by atoms with E-state index in [2.05, 4.69) is 22.1 Å². The third kappa shape index (κ3) is 3.81. The molecule has 1 aliphatic carbocycles. The smallest absolute Gasteiger partial charge is 0.268 e. The molecule has 0 radical (unpaired) electrons. The molecule has 1 saturated carbocycles. The van der Waals surface area contributed by atoms with Gasteiger partial charge in [-0.3, -0.25) is 9.59 Å². The second kappa shape index (κ2) is 8.17. The Hall–Kier alpha value is -2.63. The molecule has 0 unspecified atom stereocenters. The van der Waals surface area contributed by atoms with Crippen LogP contribution in [0.5, 0.6) is 0 Å². The summed E-state index contributed by atoms with van der Waals surface area (Å²) in [4.78, 5) is 29.5. The van der Waals surface area contributed by atoms with Gasteiger partial charge in [-0.05, 0) is 24.3 Å². The number of anilines is 1. The van der Waals surface area contributed by atoms with Crippen molar-refractivity contribution >= 4 is 11.6 Å². The van der Waals surface area contributed by atoms with Crippen molar-refractivity contribution in [1.29, 1.82) is 0 Å². The molecule has 1 aromatic heterocycles. The van der Waals surface area contributed by atoms with E-state index in [0.29, 0.717) is 19.0 Å². The molecule has 148 valence electrons. The lowest BCUT2D eigenvalue weighted by Gasteiger charge is -2.38. The molecule has 6 nitrogen and oxygen atoms in total. The van der Waals surface area contributed by atoms with Crippen molar-refractivity contribution in [3.05, 3.63) is 58.5 Å². The first kappa shape index (κ1) is 18.7. The van der Waals surface area contributed by atoms with Crippen LogP contribution < -0.4 is 10.5 Å². The summed E-state index contributed by atoms with van der Waals surface area (Å²) >= 11 is 0. The summed E-state index contributed by atoms with van der Waals surface area (Å²) in [5.74, 6) is 0.690. The second-order valence-corrected chi connectivity index (χ2v) is 7.92. The molecule has 6 heteroatoms. The number of aryl methyl sites for hydroxylation is 1. The van der Waals surface area contributed by atoms with Crippen LogP contribution in [0, 0.1) is 5.92 Å². The summed E-state index contributed by atoms with van der Waals surface area (Å²) in [5.41, 5.74) is 1.88. The topological polar surface area (TPSA) is 58.4 Å². The number of carbonyl (C=O) groups is 1. The molecule has 0 spiro atoms. The number of hydrogen-bond acceptors (Lipinski definition) is 4. The van der Waals surface area contributed by atoms with Crippen LogP contribution in [0.1, 0.15) is 37.2 Å². The highest BCUT2D eigenvalue weighted by atomic mass is 16.2. The molecule has 2 heterocycles. The van der Waals surface area contributed by atoms with Crippen molar-refractivity contribution < 1.29 is 4.79 Å². The lowest BCUT2D eigenvalue weighted by Crippen LogP contribution is -2.51. The Morgan fingerprint density at radius 1 is 1.07 bits per heavy atom. The van der Waals surface area contributed by atoms with Gasteiger partial charge >= 0.3 is 0 Å². The van der Waals surface area contributed by atoms with Crippen molar-refractivity contribution in [1.82, 2.24) is 14.7 Å². The van der Waals surface area contributed by atoms with Gasteiger partial charge in [0.25, 0.3) is 5.56 Å². The van der Waals surface area contributed by atoms with E-state index >= 15 is 0 Å². The molecule has 28 heavy (non-hydrogen) atoms. The fourth-order valence-corrected chi connectivity index (χ4v) is 4.58. The van der Waals surface area contributed by atoms with Gasteiger partial charge in [0.15, 0.2) is 0 Å². The lowest BCUT2D eigenvalue weighted by atomic mass is 9.83. The van der Waals surface area contributed by atoms with E-state index < -0.39 is 0 Å². The van der Waals surface area contributed by atoms with Crippen LogP contribution in [-0.2, 0) is 11.8 Å². The van der Waals surface area contributed by atoms with Gasteiger partial charge in [0, 0.05) is 39.3 Å². The van der Waals surface area contributed by atoms with Gasteiger partial charge in [0.2, 0.25) is 5.91 Å². The van der Waals surface area contributed by atoms with Gasteiger partial charge in [-0.25, -0.2) is 4.68 Å². The molecule has 2 aliphatic rings. The Morgan fingerprint density at radius 2 is 1.75 bits per heavy atom. The largest absolute Gasteiger partial charge is 0.367 e. The van der Waals surface area contributed by atoms with Crippen molar-refractivity contribution in [3.8, 4) is 0 Å². The van der Waals surface area contributed by atoms with Crippen molar-refractivity contribution in [2.45, 2.75) is 31.6 Å². The molecule has 1 atom stereocenters. The van der Waals surface area contributed by atoms with E-state index in [1.54, 1.807) is 19.3 Å². The Balaban J connectivity index is 1.47. The van der Waals surface area contributed by atoms with Gasteiger partial charge in [-0.2, -0.15) is 5.10 Å². The van der Waals surface area contributed by atoms with Crippen molar-refractivity contribution in [2.75, 3.05) is 31.1 Å². The molecule has 4 rings (SSSR count). The molecule has 0 bridgehead atoms. The number of nitrogens with zero attached hydrogens (tertiary/aromatic N) is 4. The minimum atomic E-state index is -0.110. The van der Waals surface area contributed by atoms with Crippen LogP contribution in [0.3, 0.4) is 0 Å². The summed E-state index contributed by atoms with van der Waals surface area (Å²) in [6.07, 6.45) is 6.47. The summed E-state index contributed by atoms with van der Waals surface area (Å²) < 4.78 is 1.33. The van der Waals surface area contributed by atoms with Crippen LogP contribution in [-0.4, -0.2) is 46.8 Å². The lowest BCUT2D eigenvalue weighted by molar-refractivity contribution is -0.134. The van der Waals surface area contributed by atoms with Gasteiger partial charge in [0.05, 0.1) is 17.8 Å². The van der Waals surface area contributed by atoms with Crippen LogP contribution in [0.15, 0.2) is 47.4 Å². The minimum absolute atomic E-state index is 0.0269. The molecule has 1 saturated heterocycles. The molecule has 2 aromatic rings. The van der Waals surface area contributed by atoms with Gasteiger partial charge in [-0.15, -0.1) is 0 Å². The average molecular weight is 380 g/mol. The standard InChI is InChI=1S/C22H28N4O2/c1-24-20(27)15-19(16-23-24)25-11-13-26(14-12-25)22(28)21(18-9-5-6-10-18)17-7-3-2-4-8-17/h2-4,7-8,15-16,18,21H,5-6,9-14H2,1H3/t21-/m1/s1. The van der Waals surface area contributed by atoms with Crippen LogP contribution in [0.2, 0.25) is 0 Å². The van der Waals surface area contributed by atoms with E-state index in [-0.39, 0.29) is 17.4 Å². The zero-order chi connectivity index (χ0) is 19.5. The quantitative estimate of drug-likeness (QED) is 0.817. The maximum absolute atomic E-state index is 13.5. The maximum atomic E-state index is 13.5. The Labute approximate surface area is 165 Å². The molecular formula is C22H28N4O2. The predicted octanol–water partition coefficient (Wildman–Crippen LogP) is 2.40. The molecule has 0 N–H and O–H groups in total. The Morgan fingerprint density at radius 3 is 2.39 bits per heavy atom. The fourth-order valence-electron chi connectivity index (χ4n) is 4.58. The highest BCUT2D eigenvalue weighted by Gasteiger charge is 2.35. The predicted molar refractivity (Wildman–Crippen MR) is 109 cm³/mol. The number of aromatic nitrogens is 2. The first-order valence-corrected chi connectivity index (χ1v) is 10.3.